The molecule has 1 spiro atoms. The summed E-state index contributed by atoms with van der Waals surface area (Å²) in [6.45, 7) is 3.39. The molecule has 2 N–H and O–H groups in total. The molecule has 0 bridgehead atoms. The normalized spacial score (nSPS) is 38.2. The molecule has 4 rings (SSSR count). The van der Waals surface area contributed by atoms with E-state index >= 15 is 0 Å². The molecule has 3 unspecified atom stereocenters. The smallest absolute Gasteiger partial charge is 0.125 e. The molecule has 3 heteroatoms. The van der Waals surface area contributed by atoms with Gasteiger partial charge in [-0.2, -0.15) is 0 Å². The summed E-state index contributed by atoms with van der Waals surface area (Å²) in [7, 11) is 0. The largest absolute Gasteiger partial charge is 0.485 e. The summed E-state index contributed by atoms with van der Waals surface area (Å²) in [5.74, 6) is 1.01. The van der Waals surface area contributed by atoms with E-state index in [0.717, 1.165) is 31.2 Å². The molecule has 2 heterocycles. The lowest BCUT2D eigenvalue weighted by atomic mass is 9.86. The van der Waals surface area contributed by atoms with Crippen LogP contribution in [0.15, 0.2) is 24.3 Å². The minimum absolute atomic E-state index is 0.0459. The van der Waals surface area contributed by atoms with E-state index in [0.29, 0.717) is 6.04 Å². The summed E-state index contributed by atoms with van der Waals surface area (Å²) in [5.41, 5.74) is 7.51. The van der Waals surface area contributed by atoms with Crippen LogP contribution in [-0.4, -0.2) is 29.1 Å². The number of benzene rings is 1. The highest BCUT2D eigenvalue weighted by molar-refractivity contribution is 5.39. The maximum atomic E-state index is 6.41. The Bertz CT molecular complexity index is 499. The third kappa shape index (κ3) is 1.87. The van der Waals surface area contributed by atoms with E-state index in [1.54, 1.807) is 0 Å². The van der Waals surface area contributed by atoms with Crippen LogP contribution in [0, 0.1) is 0 Å². The molecule has 3 aliphatic rings. The summed E-state index contributed by atoms with van der Waals surface area (Å²) in [5, 5.41) is 0. The van der Waals surface area contributed by atoms with Crippen molar-refractivity contribution in [1.29, 1.82) is 0 Å². The van der Waals surface area contributed by atoms with Crippen LogP contribution in [0.1, 0.15) is 44.2 Å². The molecule has 19 heavy (non-hydrogen) atoms. The van der Waals surface area contributed by atoms with Crippen molar-refractivity contribution in [2.75, 3.05) is 6.54 Å². The summed E-state index contributed by atoms with van der Waals surface area (Å²) < 4.78 is 6.41. The fraction of sp³-hybridized carbons (Fsp3) is 0.625. The van der Waals surface area contributed by atoms with Crippen LogP contribution in [0.2, 0.25) is 0 Å². The second-order valence-electron chi connectivity index (χ2n) is 6.59. The predicted octanol–water partition coefficient (Wildman–Crippen LogP) is 2.46. The van der Waals surface area contributed by atoms with Crippen LogP contribution < -0.4 is 10.5 Å². The van der Waals surface area contributed by atoms with Crippen molar-refractivity contribution in [1.82, 2.24) is 4.90 Å². The number of rotatable bonds is 1. The summed E-state index contributed by atoms with van der Waals surface area (Å²) >= 11 is 0. The molecule has 1 aliphatic carbocycles. The molecule has 1 aromatic rings. The van der Waals surface area contributed by atoms with Crippen LogP contribution in [0.25, 0.3) is 0 Å². The molecule has 3 nitrogen and oxygen atoms in total. The van der Waals surface area contributed by atoms with E-state index in [1.807, 2.05) is 12.1 Å². The molecule has 1 saturated carbocycles. The Labute approximate surface area is 114 Å². The standard InChI is InChI=1S/C16H22N2O/c1-11-8-16(10-18(11)12-6-7-12)9-14(17)13-4-2-3-5-15(13)19-16/h2-5,11-12,14H,6-10,17H2,1H3. The fourth-order valence-corrected chi connectivity index (χ4v) is 3.99. The lowest BCUT2D eigenvalue weighted by Gasteiger charge is -2.38. The average Bonchev–Trinajstić information content (AvgIpc) is 3.16. The number of likely N-dealkylation sites (tertiary alicyclic amines) is 1. The first kappa shape index (κ1) is 11.7. The monoisotopic (exact) mass is 258 g/mol. The zero-order valence-corrected chi connectivity index (χ0v) is 11.5. The number of nitrogens with zero attached hydrogens (tertiary/aromatic N) is 1. The van der Waals surface area contributed by atoms with Crippen molar-refractivity contribution >= 4 is 0 Å². The van der Waals surface area contributed by atoms with Crippen LogP contribution in [0.3, 0.4) is 0 Å². The number of hydrogen-bond acceptors (Lipinski definition) is 3. The minimum Gasteiger partial charge on any atom is -0.485 e. The van der Waals surface area contributed by atoms with Gasteiger partial charge in [-0.1, -0.05) is 18.2 Å². The van der Waals surface area contributed by atoms with Gasteiger partial charge in [-0.25, -0.2) is 0 Å². The lowest BCUT2D eigenvalue weighted by molar-refractivity contribution is 0.0433. The third-order valence-electron chi connectivity index (χ3n) is 4.96. The summed E-state index contributed by atoms with van der Waals surface area (Å²) in [6, 6.07) is 9.83. The van der Waals surface area contributed by atoms with Gasteiger partial charge in [0.1, 0.15) is 11.4 Å². The molecule has 2 fully saturated rings. The Morgan fingerprint density at radius 1 is 1.26 bits per heavy atom. The molecule has 0 amide bonds. The molecule has 0 radical (unpaired) electrons. The van der Waals surface area contributed by atoms with Gasteiger partial charge in [-0.15, -0.1) is 0 Å². The quantitative estimate of drug-likeness (QED) is 0.841. The van der Waals surface area contributed by atoms with E-state index in [4.69, 9.17) is 10.5 Å². The van der Waals surface area contributed by atoms with E-state index < -0.39 is 0 Å². The fourth-order valence-electron chi connectivity index (χ4n) is 3.99. The number of para-hydroxylation sites is 1. The van der Waals surface area contributed by atoms with Gasteiger partial charge in [0.25, 0.3) is 0 Å². The maximum Gasteiger partial charge on any atom is 0.125 e. The maximum absolute atomic E-state index is 6.41. The van der Waals surface area contributed by atoms with Gasteiger partial charge in [-0.05, 0) is 25.8 Å². The Morgan fingerprint density at radius 2 is 2.05 bits per heavy atom. The highest BCUT2D eigenvalue weighted by Crippen LogP contribution is 2.46. The first-order valence-corrected chi connectivity index (χ1v) is 7.46. The van der Waals surface area contributed by atoms with E-state index in [-0.39, 0.29) is 11.6 Å². The van der Waals surface area contributed by atoms with Gasteiger partial charge in [0, 0.05) is 43.1 Å². The van der Waals surface area contributed by atoms with E-state index in [1.165, 1.54) is 18.4 Å². The van der Waals surface area contributed by atoms with Crippen molar-refractivity contribution in [3.8, 4) is 5.75 Å². The van der Waals surface area contributed by atoms with Gasteiger partial charge < -0.3 is 10.5 Å². The summed E-state index contributed by atoms with van der Waals surface area (Å²) in [4.78, 5) is 2.64. The number of nitrogens with two attached hydrogens (primary N) is 1. The van der Waals surface area contributed by atoms with Gasteiger partial charge in [-0.3, -0.25) is 4.90 Å². The topological polar surface area (TPSA) is 38.5 Å². The highest BCUT2D eigenvalue weighted by atomic mass is 16.5. The Morgan fingerprint density at radius 3 is 2.84 bits per heavy atom. The molecule has 2 aliphatic heterocycles. The lowest BCUT2D eigenvalue weighted by Crippen LogP contribution is -2.45. The minimum atomic E-state index is -0.0459. The van der Waals surface area contributed by atoms with Gasteiger partial charge >= 0.3 is 0 Å². The Kier molecular flexibility index (Phi) is 2.45. The second-order valence-corrected chi connectivity index (χ2v) is 6.59. The Hall–Kier alpha value is -1.06. The van der Waals surface area contributed by atoms with E-state index in [2.05, 4.69) is 24.0 Å². The molecule has 102 valence electrons. The highest BCUT2D eigenvalue weighted by Gasteiger charge is 2.51. The second kappa shape index (κ2) is 3.97. The molecular weight excluding hydrogens is 236 g/mol. The van der Waals surface area contributed by atoms with E-state index in [9.17, 15) is 0 Å². The Balaban J connectivity index is 1.64. The van der Waals surface area contributed by atoms with Crippen LogP contribution >= 0.6 is 0 Å². The van der Waals surface area contributed by atoms with Crippen molar-refractivity contribution in [3.63, 3.8) is 0 Å². The van der Waals surface area contributed by atoms with Crippen LogP contribution in [0.4, 0.5) is 0 Å². The van der Waals surface area contributed by atoms with Crippen molar-refractivity contribution < 1.29 is 4.74 Å². The molecule has 1 aromatic carbocycles. The first-order chi connectivity index (χ1) is 9.17. The van der Waals surface area contributed by atoms with Gasteiger partial charge in [0.05, 0.1) is 0 Å². The molecule has 1 saturated heterocycles. The zero-order chi connectivity index (χ0) is 13.0. The average molecular weight is 258 g/mol. The SMILES string of the molecule is CC1CC2(CC(N)c3ccccc3O2)CN1C1CC1. The third-order valence-corrected chi connectivity index (χ3v) is 4.96. The van der Waals surface area contributed by atoms with Crippen molar-refractivity contribution in [3.05, 3.63) is 29.8 Å². The van der Waals surface area contributed by atoms with Gasteiger partial charge in [0.15, 0.2) is 0 Å². The number of ether oxygens (including phenoxy) is 1. The molecular formula is C16H22N2O. The predicted molar refractivity (Wildman–Crippen MR) is 75.2 cm³/mol. The van der Waals surface area contributed by atoms with Gasteiger partial charge in [0.2, 0.25) is 0 Å². The summed E-state index contributed by atoms with van der Waals surface area (Å²) in [6.07, 6.45) is 4.80. The van der Waals surface area contributed by atoms with Crippen LogP contribution in [-0.2, 0) is 0 Å². The van der Waals surface area contributed by atoms with Crippen molar-refractivity contribution in [2.24, 2.45) is 5.73 Å². The first-order valence-electron chi connectivity index (χ1n) is 7.46. The van der Waals surface area contributed by atoms with Crippen LogP contribution in [0.5, 0.6) is 5.75 Å². The number of hydrogen-bond donors (Lipinski definition) is 1. The molecule has 3 atom stereocenters. The van der Waals surface area contributed by atoms with Crippen molar-refractivity contribution in [2.45, 2.75) is 56.3 Å². The number of fused-ring (bicyclic) bond motifs is 1. The zero-order valence-electron chi connectivity index (χ0n) is 11.5. The molecule has 0 aromatic heterocycles.